The fourth-order valence-electron chi connectivity index (χ4n) is 5.45. The molecule has 5 rings (SSSR count). The normalized spacial score (nSPS) is 22.4. The first-order valence-electron chi connectivity index (χ1n) is 11.0. The van der Waals surface area contributed by atoms with Gasteiger partial charge in [0.25, 0.3) is 0 Å². The quantitative estimate of drug-likeness (QED) is 0.807. The van der Waals surface area contributed by atoms with E-state index in [-0.39, 0.29) is 23.1 Å². The first-order valence-corrected chi connectivity index (χ1v) is 11.0. The second kappa shape index (κ2) is 7.38. The van der Waals surface area contributed by atoms with Crippen LogP contribution in [-0.4, -0.2) is 18.2 Å². The van der Waals surface area contributed by atoms with Gasteiger partial charge in [-0.2, -0.15) is 5.26 Å². The summed E-state index contributed by atoms with van der Waals surface area (Å²) in [5.41, 5.74) is 8.66. The van der Waals surface area contributed by atoms with Gasteiger partial charge >= 0.3 is 0 Å². The first-order chi connectivity index (χ1) is 15.6. The number of nitrogens with zero attached hydrogens (tertiary/aromatic N) is 3. The topological polar surface area (TPSA) is 90.4 Å². The number of hydrogen-bond donors (Lipinski definition) is 1. The predicted molar refractivity (Wildman–Crippen MR) is 122 cm³/mol. The Labute approximate surface area is 187 Å². The van der Waals surface area contributed by atoms with E-state index in [2.05, 4.69) is 6.07 Å². The summed E-state index contributed by atoms with van der Waals surface area (Å²) in [6.45, 7) is 2.51. The van der Waals surface area contributed by atoms with Gasteiger partial charge in [0.1, 0.15) is 17.3 Å². The highest BCUT2D eigenvalue weighted by atomic mass is 16.2. The summed E-state index contributed by atoms with van der Waals surface area (Å²) in [4.78, 5) is 31.2. The lowest BCUT2D eigenvalue weighted by Gasteiger charge is -2.43. The number of fused-ring (bicyclic) bond motifs is 3. The van der Waals surface area contributed by atoms with Crippen molar-refractivity contribution in [3.05, 3.63) is 82.8 Å². The second-order valence-electron chi connectivity index (χ2n) is 8.37. The summed E-state index contributed by atoms with van der Waals surface area (Å²) in [7, 11) is 0. The molecular formula is C26H24N4O2. The van der Waals surface area contributed by atoms with Crippen LogP contribution in [0.4, 0.5) is 11.4 Å². The molecule has 2 aliphatic heterocycles. The van der Waals surface area contributed by atoms with Crippen LogP contribution in [0.1, 0.15) is 38.2 Å². The number of carbonyl (C=O) groups is 2. The van der Waals surface area contributed by atoms with Gasteiger partial charge in [0, 0.05) is 41.2 Å². The fraction of sp³-hybridized carbons (Fsp3) is 0.269. The molecule has 2 heterocycles. The van der Waals surface area contributed by atoms with Gasteiger partial charge in [0.05, 0.1) is 5.57 Å². The summed E-state index contributed by atoms with van der Waals surface area (Å²) in [5.74, 6) is -0.127. The number of benzene rings is 2. The van der Waals surface area contributed by atoms with E-state index in [1.807, 2.05) is 61.5 Å². The number of hydrogen-bond acceptors (Lipinski definition) is 5. The van der Waals surface area contributed by atoms with Crippen LogP contribution in [0.3, 0.4) is 0 Å². The number of ketones is 1. The van der Waals surface area contributed by atoms with Crippen LogP contribution in [0.2, 0.25) is 0 Å². The highest BCUT2D eigenvalue weighted by molar-refractivity contribution is 6.20. The summed E-state index contributed by atoms with van der Waals surface area (Å²) in [5, 5.41) is 10.4. The lowest BCUT2D eigenvalue weighted by Crippen LogP contribution is -2.52. The van der Waals surface area contributed by atoms with Crippen LogP contribution in [-0.2, 0) is 15.0 Å². The molecule has 32 heavy (non-hydrogen) atoms. The van der Waals surface area contributed by atoms with Gasteiger partial charge in [-0.15, -0.1) is 0 Å². The summed E-state index contributed by atoms with van der Waals surface area (Å²) >= 11 is 0. The lowest BCUT2D eigenvalue weighted by molar-refractivity contribution is -0.124. The van der Waals surface area contributed by atoms with Crippen LogP contribution in [0.25, 0.3) is 0 Å². The van der Waals surface area contributed by atoms with Crippen molar-refractivity contribution in [1.82, 2.24) is 0 Å². The van der Waals surface area contributed by atoms with Gasteiger partial charge in [0.15, 0.2) is 5.78 Å². The van der Waals surface area contributed by atoms with Crippen molar-refractivity contribution in [2.45, 2.75) is 38.0 Å². The Morgan fingerprint density at radius 1 is 1.06 bits per heavy atom. The van der Waals surface area contributed by atoms with Crippen LogP contribution >= 0.6 is 0 Å². The van der Waals surface area contributed by atoms with Gasteiger partial charge in [-0.25, -0.2) is 0 Å². The lowest BCUT2D eigenvalue weighted by atomic mass is 9.64. The smallest absolute Gasteiger partial charge is 0.247 e. The number of nitriles is 1. The third kappa shape index (κ3) is 2.45. The molecule has 6 heteroatoms. The number of Topliss-reactive ketones (excluding diaryl/α,β-unsaturated/α-hetero) is 1. The third-order valence-electron chi connectivity index (χ3n) is 6.64. The molecule has 0 saturated carbocycles. The van der Waals surface area contributed by atoms with Crippen molar-refractivity contribution >= 4 is 23.1 Å². The molecule has 2 aromatic carbocycles. The molecule has 2 N–H and O–H groups in total. The number of rotatable bonds is 3. The maximum atomic E-state index is 14.2. The minimum Gasteiger partial charge on any atom is -0.384 e. The van der Waals surface area contributed by atoms with E-state index in [1.54, 1.807) is 9.80 Å². The minimum atomic E-state index is -1.48. The van der Waals surface area contributed by atoms with E-state index in [0.29, 0.717) is 36.9 Å². The van der Waals surface area contributed by atoms with Crippen molar-refractivity contribution in [3.8, 4) is 6.07 Å². The molecule has 1 spiro atoms. The molecule has 6 nitrogen and oxygen atoms in total. The number of anilines is 2. The van der Waals surface area contributed by atoms with Gasteiger partial charge in [-0.3, -0.25) is 14.5 Å². The Kier molecular flexibility index (Phi) is 4.63. The fourth-order valence-corrected chi connectivity index (χ4v) is 5.45. The number of carbonyl (C=O) groups excluding carboxylic acids is 2. The van der Waals surface area contributed by atoms with Crippen molar-refractivity contribution in [2.75, 3.05) is 16.3 Å². The van der Waals surface area contributed by atoms with Gasteiger partial charge in [-0.1, -0.05) is 43.3 Å². The third-order valence-corrected chi connectivity index (χ3v) is 6.64. The molecular weight excluding hydrogens is 400 g/mol. The molecule has 0 radical (unpaired) electrons. The average molecular weight is 425 g/mol. The molecule has 3 aliphatic rings. The zero-order chi connectivity index (χ0) is 22.5. The Bertz CT molecular complexity index is 1240. The molecule has 160 valence electrons. The van der Waals surface area contributed by atoms with Crippen molar-refractivity contribution in [2.24, 2.45) is 5.73 Å². The van der Waals surface area contributed by atoms with E-state index >= 15 is 0 Å². The van der Waals surface area contributed by atoms with Gasteiger partial charge in [0.2, 0.25) is 5.91 Å². The van der Waals surface area contributed by atoms with Crippen LogP contribution in [0, 0.1) is 11.3 Å². The van der Waals surface area contributed by atoms with E-state index in [1.165, 1.54) is 0 Å². The Morgan fingerprint density at radius 3 is 2.50 bits per heavy atom. The predicted octanol–water partition coefficient (Wildman–Crippen LogP) is 3.90. The van der Waals surface area contributed by atoms with Crippen molar-refractivity contribution in [3.63, 3.8) is 0 Å². The van der Waals surface area contributed by atoms with E-state index in [9.17, 15) is 14.9 Å². The number of allylic oxidation sites excluding steroid dienone is 1. The van der Waals surface area contributed by atoms with Crippen LogP contribution in [0.5, 0.6) is 0 Å². The Hall–Kier alpha value is -3.85. The van der Waals surface area contributed by atoms with Crippen molar-refractivity contribution < 1.29 is 9.59 Å². The monoisotopic (exact) mass is 424 g/mol. The maximum absolute atomic E-state index is 14.2. The minimum absolute atomic E-state index is 0.0890. The molecule has 0 aromatic heterocycles. The van der Waals surface area contributed by atoms with Crippen molar-refractivity contribution in [1.29, 1.82) is 5.26 Å². The second-order valence-corrected chi connectivity index (χ2v) is 8.37. The molecule has 2 aromatic rings. The zero-order valence-electron chi connectivity index (χ0n) is 18.0. The van der Waals surface area contributed by atoms with Crippen LogP contribution < -0.4 is 15.5 Å². The number of para-hydroxylation sites is 2. The summed E-state index contributed by atoms with van der Waals surface area (Å²) in [6, 6.07) is 19.2. The molecule has 0 fully saturated rings. The first kappa shape index (κ1) is 20.1. The van der Waals surface area contributed by atoms with Gasteiger partial charge < -0.3 is 10.6 Å². The Morgan fingerprint density at radius 2 is 1.78 bits per heavy atom. The molecule has 1 atom stereocenters. The number of amides is 1. The molecule has 1 amide bonds. The summed E-state index contributed by atoms with van der Waals surface area (Å²) in [6.07, 6.45) is 2.40. The molecule has 1 aliphatic carbocycles. The van der Waals surface area contributed by atoms with E-state index in [4.69, 9.17) is 5.73 Å². The molecule has 0 saturated heterocycles. The highest BCUT2D eigenvalue weighted by Crippen LogP contribution is 2.56. The van der Waals surface area contributed by atoms with E-state index in [0.717, 1.165) is 23.5 Å². The molecule has 0 bridgehead atoms. The van der Waals surface area contributed by atoms with E-state index < -0.39 is 5.41 Å². The molecule has 1 unspecified atom stereocenters. The highest BCUT2D eigenvalue weighted by Gasteiger charge is 2.62. The standard InChI is InChI=1S/C26H24N4O2/c1-2-15-29-20-12-7-6-11-18(20)26(25(29)32)19(16-27)24(28)30(17-9-4-3-5-10-17)21-13-8-14-22(31)23(21)26/h3-7,9-12H,2,8,13-15,28H2,1H3. The zero-order valence-corrected chi connectivity index (χ0v) is 18.0. The number of nitrogens with two attached hydrogens (primary N) is 1. The maximum Gasteiger partial charge on any atom is 0.247 e. The average Bonchev–Trinajstić information content (AvgIpc) is 3.04. The van der Waals surface area contributed by atoms with Crippen LogP contribution in [0.15, 0.2) is 77.3 Å². The SMILES string of the molecule is CCCN1C(=O)C2(C(C#N)=C(N)N(c3ccccc3)C3=C2C(=O)CCC3)c2ccccc21. The summed E-state index contributed by atoms with van der Waals surface area (Å²) < 4.78 is 0. The van der Waals surface area contributed by atoms with Gasteiger partial charge in [-0.05, 0) is 37.5 Å². The largest absolute Gasteiger partial charge is 0.384 e. The Balaban J connectivity index is 1.88.